The molecule has 0 aliphatic carbocycles. The molecule has 0 saturated heterocycles. The zero-order chi connectivity index (χ0) is 8.27. The first-order valence-electron chi connectivity index (χ1n) is 3.08. The van der Waals surface area contributed by atoms with E-state index in [4.69, 9.17) is 11.6 Å². The van der Waals surface area contributed by atoms with E-state index in [9.17, 15) is 4.91 Å². The minimum absolute atomic E-state index is 0.372. The van der Waals surface area contributed by atoms with Crippen molar-refractivity contribution in [1.29, 1.82) is 0 Å². The van der Waals surface area contributed by atoms with Gasteiger partial charge >= 0.3 is 0 Å². The number of nitrogens with one attached hydrogen (secondary N) is 1. The zero-order valence-corrected chi connectivity index (χ0v) is 6.72. The second-order valence-electron chi connectivity index (χ2n) is 2.00. The maximum absolute atomic E-state index is 10.2. The first-order chi connectivity index (χ1) is 5.27. The van der Waals surface area contributed by atoms with Gasteiger partial charge in [-0.3, -0.25) is 0 Å². The van der Waals surface area contributed by atoms with Crippen molar-refractivity contribution in [2.24, 2.45) is 5.18 Å². The quantitative estimate of drug-likeness (QED) is 0.694. The number of nitroso groups, excluding NO2 is 1. The largest absolute Gasteiger partial charge is 0.386 e. The Morgan fingerprint density at radius 2 is 2.27 bits per heavy atom. The van der Waals surface area contributed by atoms with Gasteiger partial charge in [-0.25, -0.2) is 0 Å². The van der Waals surface area contributed by atoms with E-state index < -0.39 is 0 Å². The summed E-state index contributed by atoms with van der Waals surface area (Å²) in [6.07, 6.45) is 0. The molecule has 0 heterocycles. The molecule has 0 aromatic heterocycles. The molecular weight excluding hydrogens is 164 g/mol. The van der Waals surface area contributed by atoms with Crippen molar-refractivity contribution >= 4 is 23.0 Å². The van der Waals surface area contributed by atoms with E-state index in [1.165, 1.54) is 0 Å². The average molecular weight is 171 g/mol. The summed E-state index contributed by atoms with van der Waals surface area (Å²) < 4.78 is 0. The number of hydrogen-bond acceptors (Lipinski definition) is 3. The molecule has 0 fully saturated rings. The predicted octanol–water partition coefficient (Wildman–Crippen LogP) is 2.78. The van der Waals surface area contributed by atoms with E-state index in [1.807, 2.05) is 0 Å². The van der Waals surface area contributed by atoms with Gasteiger partial charge in [-0.1, -0.05) is 11.6 Å². The molecule has 3 nitrogen and oxygen atoms in total. The Morgan fingerprint density at radius 1 is 1.55 bits per heavy atom. The smallest absolute Gasteiger partial charge is 0.131 e. The van der Waals surface area contributed by atoms with Gasteiger partial charge in [0.25, 0.3) is 0 Å². The number of halogens is 1. The summed E-state index contributed by atoms with van der Waals surface area (Å²) in [4.78, 5) is 10.2. The fraction of sp³-hybridized carbons (Fsp3) is 0.143. The van der Waals surface area contributed by atoms with Crippen LogP contribution >= 0.6 is 11.6 Å². The molecule has 0 radical (unpaired) electrons. The fourth-order valence-electron chi connectivity index (χ4n) is 0.788. The molecular formula is C7H7ClN2O. The van der Waals surface area contributed by atoms with Crippen LogP contribution < -0.4 is 5.32 Å². The Morgan fingerprint density at radius 3 is 2.82 bits per heavy atom. The van der Waals surface area contributed by atoms with E-state index in [-0.39, 0.29) is 0 Å². The molecule has 1 aromatic carbocycles. The number of hydrogen-bond donors (Lipinski definition) is 1. The van der Waals surface area contributed by atoms with Gasteiger partial charge in [0.1, 0.15) is 5.69 Å². The molecule has 0 saturated carbocycles. The van der Waals surface area contributed by atoms with E-state index >= 15 is 0 Å². The van der Waals surface area contributed by atoms with Gasteiger partial charge in [-0.05, 0) is 23.4 Å². The third-order valence-electron chi connectivity index (χ3n) is 1.33. The molecule has 0 aliphatic heterocycles. The molecule has 0 amide bonds. The van der Waals surface area contributed by atoms with Gasteiger partial charge < -0.3 is 5.32 Å². The summed E-state index contributed by atoms with van der Waals surface area (Å²) in [6.45, 7) is 0. The van der Waals surface area contributed by atoms with Gasteiger partial charge in [0.05, 0.1) is 5.69 Å². The molecule has 0 atom stereocenters. The highest BCUT2D eigenvalue weighted by Gasteiger charge is 1.99. The lowest BCUT2D eigenvalue weighted by Gasteiger charge is -2.01. The lowest BCUT2D eigenvalue weighted by atomic mass is 10.3. The van der Waals surface area contributed by atoms with Gasteiger partial charge in [0.2, 0.25) is 0 Å². The summed E-state index contributed by atoms with van der Waals surface area (Å²) in [7, 11) is 1.71. The molecule has 1 rings (SSSR count). The minimum atomic E-state index is 0.372. The molecule has 0 unspecified atom stereocenters. The molecule has 1 aromatic rings. The summed E-state index contributed by atoms with van der Waals surface area (Å²) in [5, 5.41) is 6.21. The van der Waals surface area contributed by atoms with E-state index in [2.05, 4.69) is 10.5 Å². The Kier molecular flexibility index (Phi) is 2.44. The van der Waals surface area contributed by atoms with Crippen molar-refractivity contribution in [3.05, 3.63) is 28.1 Å². The van der Waals surface area contributed by atoms with Crippen molar-refractivity contribution in [2.45, 2.75) is 0 Å². The highest BCUT2D eigenvalue weighted by molar-refractivity contribution is 6.31. The number of nitrogens with zero attached hydrogens (tertiary/aromatic N) is 1. The van der Waals surface area contributed by atoms with E-state index in [0.29, 0.717) is 16.4 Å². The zero-order valence-electron chi connectivity index (χ0n) is 5.97. The molecule has 0 aliphatic rings. The average Bonchev–Trinajstić information content (AvgIpc) is 2.04. The fourth-order valence-corrected chi connectivity index (χ4v) is 0.960. The summed E-state index contributed by atoms with van der Waals surface area (Å²) in [5.74, 6) is 0. The Bertz CT molecular complexity index is 275. The third-order valence-corrected chi connectivity index (χ3v) is 1.56. The Hall–Kier alpha value is -1.09. The normalized spacial score (nSPS) is 9.27. The summed E-state index contributed by atoms with van der Waals surface area (Å²) >= 11 is 5.67. The van der Waals surface area contributed by atoms with Crippen molar-refractivity contribution in [2.75, 3.05) is 12.4 Å². The van der Waals surface area contributed by atoms with E-state index in [0.717, 1.165) is 0 Å². The minimum Gasteiger partial charge on any atom is -0.386 e. The Labute approximate surface area is 69.3 Å². The molecule has 4 heteroatoms. The molecule has 58 valence electrons. The maximum atomic E-state index is 10.2. The van der Waals surface area contributed by atoms with Crippen LogP contribution in [-0.2, 0) is 0 Å². The molecule has 1 N–H and O–H groups in total. The molecule has 0 bridgehead atoms. The van der Waals surface area contributed by atoms with Crippen LogP contribution in [0.25, 0.3) is 0 Å². The van der Waals surface area contributed by atoms with E-state index in [1.54, 1.807) is 25.2 Å². The first kappa shape index (κ1) is 8.01. The third kappa shape index (κ3) is 1.68. The lowest BCUT2D eigenvalue weighted by Crippen LogP contribution is -1.87. The number of rotatable bonds is 2. The maximum Gasteiger partial charge on any atom is 0.131 e. The van der Waals surface area contributed by atoms with Gasteiger partial charge in [-0.15, -0.1) is 4.91 Å². The number of benzene rings is 1. The monoisotopic (exact) mass is 170 g/mol. The van der Waals surface area contributed by atoms with Crippen LogP contribution in [0.2, 0.25) is 5.02 Å². The second kappa shape index (κ2) is 3.34. The van der Waals surface area contributed by atoms with Crippen LogP contribution in [0.5, 0.6) is 0 Å². The van der Waals surface area contributed by atoms with Crippen LogP contribution in [0.15, 0.2) is 23.4 Å². The van der Waals surface area contributed by atoms with Crippen LogP contribution in [0, 0.1) is 4.91 Å². The van der Waals surface area contributed by atoms with Crippen LogP contribution in [0.3, 0.4) is 0 Å². The van der Waals surface area contributed by atoms with Crippen molar-refractivity contribution in [3.63, 3.8) is 0 Å². The standard InChI is InChI=1S/C7H7ClN2O/c1-9-7-4-5(8)2-3-6(7)10-11/h2-4,9H,1H3. The Balaban J connectivity index is 3.16. The SMILES string of the molecule is CNc1cc(Cl)ccc1N=O. The summed E-state index contributed by atoms with van der Waals surface area (Å²) in [6, 6.07) is 4.85. The lowest BCUT2D eigenvalue weighted by molar-refractivity contribution is 1.44. The molecule has 0 spiro atoms. The highest BCUT2D eigenvalue weighted by atomic mass is 35.5. The number of anilines is 1. The van der Waals surface area contributed by atoms with Crippen LogP contribution in [0.1, 0.15) is 0 Å². The predicted molar refractivity (Wildman–Crippen MR) is 46.5 cm³/mol. The highest BCUT2D eigenvalue weighted by Crippen LogP contribution is 2.27. The van der Waals surface area contributed by atoms with Crippen molar-refractivity contribution in [1.82, 2.24) is 0 Å². The van der Waals surface area contributed by atoms with Crippen LogP contribution in [0.4, 0.5) is 11.4 Å². The first-order valence-corrected chi connectivity index (χ1v) is 3.46. The van der Waals surface area contributed by atoms with Crippen LogP contribution in [-0.4, -0.2) is 7.05 Å². The van der Waals surface area contributed by atoms with Gasteiger partial charge in [0.15, 0.2) is 0 Å². The van der Waals surface area contributed by atoms with Crippen molar-refractivity contribution in [3.8, 4) is 0 Å². The topological polar surface area (TPSA) is 41.5 Å². The van der Waals surface area contributed by atoms with Crippen molar-refractivity contribution < 1.29 is 0 Å². The molecule has 11 heavy (non-hydrogen) atoms. The summed E-state index contributed by atoms with van der Waals surface area (Å²) in [5.41, 5.74) is 1.02. The van der Waals surface area contributed by atoms with Gasteiger partial charge in [0, 0.05) is 12.1 Å². The van der Waals surface area contributed by atoms with Gasteiger partial charge in [-0.2, -0.15) is 0 Å². The second-order valence-corrected chi connectivity index (χ2v) is 2.44.